The molecule has 1 aromatic carbocycles. The number of hydrogen-bond donors (Lipinski definition) is 1. The number of halogens is 1. The number of carboxylic acids is 1. The number of aromatic nitrogens is 2. The average molecular weight is 596 g/mol. The molecule has 1 amide bonds. The molecule has 0 unspecified atom stereocenters. The Morgan fingerprint density at radius 2 is 1.78 bits per heavy atom. The van der Waals surface area contributed by atoms with Crippen LogP contribution in [0.5, 0.6) is 0 Å². The van der Waals surface area contributed by atoms with E-state index >= 15 is 0 Å². The number of rotatable bonds is 9. The van der Waals surface area contributed by atoms with Crippen LogP contribution in [0.25, 0.3) is 11.7 Å². The molecule has 0 aliphatic carbocycles. The molecule has 41 heavy (non-hydrogen) atoms. The van der Waals surface area contributed by atoms with Crippen LogP contribution in [0.2, 0.25) is 0 Å². The number of fused-ring (bicyclic) bond motifs is 1. The molecule has 5 rings (SSSR count). The summed E-state index contributed by atoms with van der Waals surface area (Å²) in [6, 6.07) is 10.1. The molecule has 12 heteroatoms. The van der Waals surface area contributed by atoms with Crippen LogP contribution >= 0.6 is 24.0 Å². The molecule has 1 N–H and O–H groups in total. The van der Waals surface area contributed by atoms with Crippen molar-refractivity contribution >= 4 is 63.4 Å². The predicted molar refractivity (Wildman–Crippen MR) is 163 cm³/mol. The smallest absolute Gasteiger partial charge is 0.303 e. The van der Waals surface area contributed by atoms with E-state index < -0.39 is 5.97 Å². The molecule has 9 nitrogen and oxygen atoms in total. The second-order valence-corrected chi connectivity index (χ2v) is 11.7. The van der Waals surface area contributed by atoms with E-state index in [1.54, 1.807) is 30.5 Å². The highest BCUT2D eigenvalue weighted by molar-refractivity contribution is 8.26. The topological polar surface area (TPSA) is 98.5 Å². The Balaban J connectivity index is 1.42. The first-order valence-corrected chi connectivity index (χ1v) is 14.7. The molecule has 214 valence electrons. The molecule has 2 fully saturated rings. The first-order chi connectivity index (χ1) is 19.7. The number of benzene rings is 1. The van der Waals surface area contributed by atoms with E-state index in [4.69, 9.17) is 22.3 Å². The Morgan fingerprint density at radius 1 is 1.07 bits per heavy atom. The summed E-state index contributed by atoms with van der Waals surface area (Å²) in [5.41, 5.74) is 2.40. The number of unbranched alkanes of at least 4 members (excludes halogenated alkanes) is 2. The van der Waals surface area contributed by atoms with Crippen molar-refractivity contribution in [2.45, 2.75) is 32.6 Å². The molecular formula is C29H30FN5O4S2. The van der Waals surface area contributed by atoms with Crippen LogP contribution in [0.4, 0.5) is 15.9 Å². The van der Waals surface area contributed by atoms with Gasteiger partial charge in [0.15, 0.2) is 0 Å². The summed E-state index contributed by atoms with van der Waals surface area (Å²) in [6.07, 6.45) is 5.22. The number of aliphatic carboxylic acids is 1. The molecule has 4 heterocycles. The molecule has 0 radical (unpaired) electrons. The fourth-order valence-electron chi connectivity index (χ4n) is 5.04. The van der Waals surface area contributed by atoms with Crippen LogP contribution in [0, 0.1) is 12.7 Å². The number of aryl methyl sites for hydroxylation is 1. The largest absolute Gasteiger partial charge is 0.481 e. The zero-order valence-electron chi connectivity index (χ0n) is 22.6. The number of carbonyl (C=O) groups excluding carboxylic acids is 1. The highest BCUT2D eigenvalue weighted by Crippen LogP contribution is 2.34. The summed E-state index contributed by atoms with van der Waals surface area (Å²) in [6.45, 7) is 4.79. The van der Waals surface area contributed by atoms with Gasteiger partial charge in [0.1, 0.15) is 21.6 Å². The SMILES string of the molecule is Cc1cccn2c(=O)c(/C=C3/SC(=S)N(CCCCCC(=O)O)C3=O)c(N3CCN(c4ccc(F)cc4)CC3)nc12. The summed E-state index contributed by atoms with van der Waals surface area (Å²) >= 11 is 6.64. The van der Waals surface area contributed by atoms with Crippen LogP contribution in [-0.2, 0) is 9.59 Å². The van der Waals surface area contributed by atoms with Crippen molar-refractivity contribution in [1.29, 1.82) is 0 Å². The number of hydrogen-bond acceptors (Lipinski definition) is 8. The standard InChI is InChI=1S/C29H30FN5O4S2/c1-19-6-5-13-34-25(19)31-26(33-16-14-32(15-17-33)21-10-8-20(30)9-11-21)22(27(34)38)18-23-28(39)35(29(40)41-23)12-4-2-3-7-24(36)37/h5-6,8-11,13,18H,2-4,7,12,14-17H2,1H3,(H,36,37)/b23-18+. The Morgan fingerprint density at radius 3 is 2.49 bits per heavy atom. The van der Waals surface area contributed by atoms with Gasteiger partial charge in [-0.1, -0.05) is 36.5 Å². The van der Waals surface area contributed by atoms with Crippen molar-refractivity contribution in [2.24, 2.45) is 0 Å². The van der Waals surface area contributed by atoms with Gasteiger partial charge in [-0.05, 0) is 61.7 Å². The molecule has 2 aromatic heterocycles. The average Bonchev–Trinajstić information content (AvgIpc) is 3.22. The van der Waals surface area contributed by atoms with Gasteiger partial charge in [-0.15, -0.1) is 0 Å². The van der Waals surface area contributed by atoms with Crippen molar-refractivity contribution < 1.29 is 19.1 Å². The van der Waals surface area contributed by atoms with Gasteiger partial charge < -0.3 is 14.9 Å². The Bertz CT molecular complexity index is 1580. The molecule has 2 aliphatic rings. The third kappa shape index (κ3) is 6.28. The van der Waals surface area contributed by atoms with Crippen LogP contribution in [0.15, 0.2) is 52.3 Å². The van der Waals surface area contributed by atoms with Gasteiger partial charge in [0, 0.05) is 51.0 Å². The van der Waals surface area contributed by atoms with E-state index in [1.807, 2.05) is 13.0 Å². The number of carbonyl (C=O) groups is 2. The van der Waals surface area contributed by atoms with Crippen molar-refractivity contribution in [3.8, 4) is 0 Å². The Labute approximate surface area is 246 Å². The summed E-state index contributed by atoms with van der Waals surface area (Å²) in [4.78, 5) is 48.9. The summed E-state index contributed by atoms with van der Waals surface area (Å²) in [5.74, 6) is -0.866. The van der Waals surface area contributed by atoms with E-state index in [1.165, 1.54) is 21.4 Å². The number of thioether (sulfide) groups is 1. The number of amides is 1. The maximum Gasteiger partial charge on any atom is 0.303 e. The maximum absolute atomic E-state index is 13.8. The quantitative estimate of drug-likeness (QED) is 0.220. The van der Waals surface area contributed by atoms with Crippen molar-refractivity contribution in [1.82, 2.24) is 14.3 Å². The van der Waals surface area contributed by atoms with E-state index in [0.29, 0.717) is 78.2 Å². The van der Waals surface area contributed by atoms with Crippen LogP contribution in [0.1, 0.15) is 36.8 Å². The maximum atomic E-state index is 13.8. The second-order valence-electron chi connectivity index (χ2n) is 10.0. The normalized spacial score (nSPS) is 16.8. The lowest BCUT2D eigenvalue weighted by Gasteiger charge is -2.37. The van der Waals surface area contributed by atoms with E-state index in [0.717, 1.165) is 23.0 Å². The minimum atomic E-state index is -0.836. The van der Waals surface area contributed by atoms with Gasteiger partial charge in [0.2, 0.25) is 0 Å². The van der Waals surface area contributed by atoms with Crippen molar-refractivity contribution in [2.75, 3.05) is 42.5 Å². The van der Waals surface area contributed by atoms with Crippen molar-refractivity contribution in [3.05, 3.63) is 74.8 Å². The number of piperazine rings is 1. The van der Waals surface area contributed by atoms with Gasteiger partial charge >= 0.3 is 5.97 Å². The third-order valence-electron chi connectivity index (χ3n) is 7.26. The second kappa shape index (κ2) is 12.4. The van der Waals surface area contributed by atoms with Gasteiger partial charge in [-0.2, -0.15) is 0 Å². The first-order valence-electron chi connectivity index (χ1n) is 13.5. The number of anilines is 2. The van der Waals surface area contributed by atoms with Gasteiger partial charge in [-0.3, -0.25) is 23.7 Å². The number of nitrogens with zero attached hydrogens (tertiary/aromatic N) is 5. The molecule has 3 aromatic rings. The molecule has 0 spiro atoms. The zero-order valence-corrected chi connectivity index (χ0v) is 24.2. The Hall–Kier alpha value is -3.77. The predicted octanol–water partition coefficient (Wildman–Crippen LogP) is 4.31. The summed E-state index contributed by atoms with van der Waals surface area (Å²) in [5, 5.41) is 8.83. The Kier molecular flexibility index (Phi) is 8.69. The van der Waals surface area contributed by atoms with E-state index in [2.05, 4.69) is 9.80 Å². The molecule has 0 atom stereocenters. The fraction of sp³-hybridized carbons (Fsp3) is 0.345. The van der Waals surface area contributed by atoms with E-state index in [9.17, 15) is 18.8 Å². The number of carboxylic acid groups (broad SMARTS) is 1. The number of thiocarbonyl (C=S) groups is 1. The molecule has 2 aliphatic heterocycles. The van der Waals surface area contributed by atoms with Crippen LogP contribution in [-0.4, -0.2) is 68.3 Å². The highest BCUT2D eigenvalue weighted by atomic mass is 32.2. The molecular weight excluding hydrogens is 565 g/mol. The van der Waals surface area contributed by atoms with Crippen LogP contribution < -0.4 is 15.4 Å². The minimum absolute atomic E-state index is 0.0949. The van der Waals surface area contributed by atoms with Gasteiger partial charge in [-0.25, -0.2) is 9.37 Å². The van der Waals surface area contributed by atoms with Crippen molar-refractivity contribution in [3.63, 3.8) is 0 Å². The monoisotopic (exact) mass is 595 g/mol. The summed E-state index contributed by atoms with van der Waals surface area (Å²) in [7, 11) is 0. The molecule has 0 bridgehead atoms. The lowest BCUT2D eigenvalue weighted by Crippen LogP contribution is -2.47. The molecule has 2 saturated heterocycles. The number of pyridine rings is 1. The molecule has 0 saturated carbocycles. The third-order valence-corrected chi connectivity index (χ3v) is 8.63. The lowest BCUT2D eigenvalue weighted by atomic mass is 10.1. The first kappa shape index (κ1) is 28.7. The van der Waals surface area contributed by atoms with E-state index in [-0.39, 0.29) is 23.7 Å². The minimum Gasteiger partial charge on any atom is -0.481 e. The fourth-order valence-corrected chi connectivity index (χ4v) is 6.33. The lowest BCUT2D eigenvalue weighted by molar-refractivity contribution is -0.137. The zero-order chi connectivity index (χ0) is 29.1. The highest BCUT2D eigenvalue weighted by Gasteiger charge is 2.33. The summed E-state index contributed by atoms with van der Waals surface area (Å²) < 4.78 is 15.3. The van der Waals surface area contributed by atoms with Gasteiger partial charge in [0.25, 0.3) is 11.5 Å². The van der Waals surface area contributed by atoms with Gasteiger partial charge in [0.05, 0.1) is 10.5 Å². The van der Waals surface area contributed by atoms with Crippen LogP contribution in [0.3, 0.4) is 0 Å².